The summed E-state index contributed by atoms with van der Waals surface area (Å²) < 4.78 is 0. The Kier molecular flexibility index (Phi) is 6.39. The molecular weight excluding hydrogens is 376 g/mol. The fraction of sp³-hybridized carbons (Fsp3) is 0.0690. The lowest BCUT2D eigenvalue weighted by molar-refractivity contribution is 1.25. The average molecular weight is 403 g/mol. The molecule has 4 rings (SSSR count). The quantitative estimate of drug-likeness (QED) is 0.286. The van der Waals surface area contributed by atoms with Crippen LogP contribution in [0.2, 0.25) is 0 Å². The van der Waals surface area contributed by atoms with Crippen LogP contribution in [0, 0.1) is 0 Å². The molecule has 0 unspecified atom stereocenters. The molecule has 0 heterocycles. The minimum Gasteiger partial charge on any atom is -0.311 e. The number of anilines is 3. The molecule has 0 aliphatic carbocycles. The summed E-state index contributed by atoms with van der Waals surface area (Å²) in [5.74, 6) is 0. The van der Waals surface area contributed by atoms with Gasteiger partial charge in [0.1, 0.15) is 0 Å². The summed E-state index contributed by atoms with van der Waals surface area (Å²) >= 11 is 0. The highest BCUT2D eigenvalue weighted by atomic mass is 15.1. The predicted molar refractivity (Wildman–Crippen MR) is 133 cm³/mol. The SMILES string of the molecule is C=C(/N=C(\CC)c1ccc(N(c2ccccc2)c2ccccc2)cc1)c1ccccc1. The molecule has 152 valence electrons. The van der Waals surface area contributed by atoms with E-state index in [1.165, 1.54) is 0 Å². The number of rotatable bonds is 7. The second-order valence-electron chi connectivity index (χ2n) is 7.28. The lowest BCUT2D eigenvalue weighted by atomic mass is 10.1. The van der Waals surface area contributed by atoms with Gasteiger partial charge in [-0.05, 0) is 53.9 Å². The van der Waals surface area contributed by atoms with E-state index in [1.54, 1.807) is 0 Å². The molecule has 0 radical (unpaired) electrons. The molecule has 0 fully saturated rings. The van der Waals surface area contributed by atoms with Gasteiger partial charge in [0.15, 0.2) is 0 Å². The summed E-state index contributed by atoms with van der Waals surface area (Å²) in [6.07, 6.45) is 0.840. The molecular formula is C29H26N2. The van der Waals surface area contributed by atoms with Crippen LogP contribution in [0.5, 0.6) is 0 Å². The van der Waals surface area contributed by atoms with Crippen molar-refractivity contribution >= 4 is 28.5 Å². The summed E-state index contributed by atoms with van der Waals surface area (Å²) in [5.41, 5.74) is 7.35. The van der Waals surface area contributed by atoms with E-state index >= 15 is 0 Å². The molecule has 0 saturated carbocycles. The number of aliphatic imine (C=N–C) groups is 1. The van der Waals surface area contributed by atoms with Crippen molar-refractivity contribution in [1.82, 2.24) is 0 Å². The molecule has 0 saturated heterocycles. The first kappa shape index (κ1) is 20.4. The van der Waals surface area contributed by atoms with Gasteiger partial charge in [0.2, 0.25) is 0 Å². The van der Waals surface area contributed by atoms with Gasteiger partial charge in [-0.1, -0.05) is 92.4 Å². The first-order chi connectivity index (χ1) is 15.3. The standard InChI is InChI=1S/C29H26N2/c1-3-29(30-23(2)24-13-7-4-8-14-24)25-19-21-28(22-20-25)31(26-15-9-5-10-16-26)27-17-11-6-12-18-27/h4-22H,2-3H2,1H3/b30-29+. The second-order valence-corrected chi connectivity index (χ2v) is 7.28. The lowest BCUT2D eigenvalue weighted by Crippen LogP contribution is -2.10. The highest BCUT2D eigenvalue weighted by Gasteiger charge is 2.12. The van der Waals surface area contributed by atoms with Gasteiger partial charge >= 0.3 is 0 Å². The van der Waals surface area contributed by atoms with E-state index in [-0.39, 0.29) is 0 Å². The predicted octanol–water partition coefficient (Wildman–Crippen LogP) is 8.03. The van der Waals surface area contributed by atoms with Crippen LogP contribution in [0.4, 0.5) is 17.1 Å². The largest absolute Gasteiger partial charge is 0.311 e. The Bertz CT molecular complexity index is 1110. The van der Waals surface area contributed by atoms with Crippen LogP contribution in [-0.4, -0.2) is 5.71 Å². The molecule has 31 heavy (non-hydrogen) atoms. The van der Waals surface area contributed by atoms with E-state index in [0.29, 0.717) is 0 Å². The van der Waals surface area contributed by atoms with Gasteiger partial charge < -0.3 is 4.90 Å². The van der Waals surface area contributed by atoms with E-state index in [4.69, 9.17) is 4.99 Å². The molecule has 0 aliphatic heterocycles. The van der Waals surface area contributed by atoms with Crippen molar-refractivity contribution in [2.45, 2.75) is 13.3 Å². The Morgan fingerprint density at radius 2 is 1.06 bits per heavy atom. The monoisotopic (exact) mass is 402 g/mol. The zero-order valence-electron chi connectivity index (χ0n) is 17.8. The van der Waals surface area contributed by atoms with Crippen molar-refractivity contribution in [2.75, 3.05) is 4.90 Å². The average Bonchev–Trinajstić information content (AvgIpc) is 2.85. The highest BCUT2D eigenvalue weighted by molar-refractivity contribution is 6.03. The van der Waals surface area contributed by atoms with E-state index in [2.05, 4.69) is 91.2 Å². The molecule has 0 spiro atoms. The van der Waals surface area contributed by atoms with Crippen LogP contribution >= 0.6 is 0 Å². The van der Waals surface area contributed by atoms with Crippen molar-refractivity contribution < 1.29 is 0 Å². The lowest BCUT2D eigenvalue weighted by Gasteiger charge is -2.25. The fourth-order valence-electron chi connectivity index (χ4n) is 3.61. The van der Waals surface area contributed by atoms with Crippen LogP contribution in [0.3, 0.4) is 0 Å². The van der Waals surface area contributed by atoms with Gasteiger partial charge in [0, 0.05) is 22.8 Å². The maximum absolute atomic E-state index is 4.83. The Labute approximate surface area is 184 Å². The van der Waals surface area contributed by atoms with Crippen LogP contribution in [0.25, 0.3) is 5.70 Å². The number of para-hydroxylation sites is 2. The van der Waals surface area contributed by atoms with E-state index < -0.39 is 0 Å². The summed E-state index contributed by atoms with van der Waals surface area (Å²) in [6, 6.07) is 39.6. The maximum atomic E-state index is 4.83. The van der Waals surface area contributed by atoms with Crippen molar-refractivity contribution in [2.24, 2.45) is 4.99 Å². The zero-order valence-corrected chi connectivity index (χ0v) is 17.8. The summed E-state index contributed by atoms with van der Waals surface area (Å²) in [6.45, 7) is 6.30. The molecule has 0 aliphatic rings. The van der Waals surface area contributed by atoms with Gasteiger partial charge in [-0.2, -0.15) is 0 Å². The minimum absolute atomic E-state index is 0.789. The second kappa shape index (κ2) is 9.73. The number of hydrogen-bond acceptors (Lipinski definition) is 2. The van der Waals surface area contributed by atoms with Crippen LogP contribution in [0.1, 0.15) is 24.5 Å². The summed E-state index contributed by atoms with van der Waals surface area (Å²) in [4.78, 5) is 7.09. The molecule has 0 N–H and O–H groups in total. The molecule has 4 aromatic rings. The first-order valence-electron chi connectivity index (χ1n) is 10.6. The van der Waals surface area contributed by atoms with Crippen molar-refractivity contribution in [3.05, 3.63) is 133 Å². The third kappa shape index (κ3) is 4.81. The molecule has 0 atom stereocenters. The van der Waals surface area contributed by atoms with Crippen molar-refractivity contribution in [3.63, 3.8) is 0 Å². The molecule has 2 nitrogen and oxygen atoms in total. The van der Waals surface area contributed by atoms with Gasteiger partial charge in [-0.3, -0.25) is 4.99 Å². The van der Waals surface area contributed by atoms with Crippen molar-refractivity contribution in [3.8, 4) is 0 Å². The minimum atomic E-state index is 0.789. The van der Waals surface area contributed by atoms with Crippen molar-refractivity contribution in [1.29, 1.82) is 0 Å². The first-order valence-corrected chi connectivity index (χ1v) is 10.6. The molecule has 4 aromatic carbocycles. The highest BCUT2D eigenvalue weighted by Crippen LogP contribution is 2.34. The molecule has 2 heteroatoms. The van der Waals surface area contributed by atoms with E-state index in [1.807, 2.05) is 42.5 Å². The van der Waals surface area contributed by atoms with E-state index in [0.717, 1.165) is 46.0 Å². The maximum Gasteiger partial charge on any atom is 0.0633 e. The summed E-state index contributed by atoms with van der Waals surface area (Å²) in [7, 11) is 0. The van der Waals surface area contributed by atoms with E-state index in [9.17, 15) is 0 Å². The molecule has 0 aromatic heterocycles. The van der Waals surface area contributed by atoms with Crippen LogP contribution < -0.4 is 4.90 Å². The third-order valence-corrected chi connectivity index (χ3v) is 5.20. The van der Waals surface area contributed by atoms with Crippen LogP contribution in [0.15, 0.2) is 127 Å². The van der Waals surface area contributed by atoms with Gasteiger partial charge in [-0.15, -0.1) is 0 Å². The Balaban J connectivity index is 1.67. The fourth-order valence-corrected chi connectivity index (χ4v) is 3.61. The normalized spacial score (nSPS) is 11.2. The molecule has 0 bridgehead atoms. The third-order valence-electron chi connectivity index (χ3n) is 5.20. The Morgan fingerprint density at radius 3 is 1.55 bits per heavy atom. The summed E-state index contributed by atoms with van der Waals surface area (Å²) in [5, 5.41) is 0. The van der Waals surface area contributed by atoms with Crippen LogP contribution in [-0.2, 0) is 0 Å². The number of hydrogen-bond donors (Lipinski definition) is 0. The zero-order chi connectivity index (χ0) is 21.5. The topological polar surface area (TPSA) is 15.6 Å². The van der Waals surface area contributed by atoms with Gasteiger partial charge in [-0.25, -0.2) is 0 Å². The smallest absolute Gasteiger partial charge is 0.0633 e. The van der Waals surface area contributed by atoms with Gasteiger partial charge in [0.25, 0.3) is 0 Å². The number of nitrogens with zero attached hydrogens (tertiary/aromatic N) is 2. The Hall–Kier alpha value is -3.91. The molecule has 0 amide bonds. The number of benzene rings is 4. The van der Waals surface area contributed by atoms with Gasteiger partial charge in [0.05, 0.1) is 5.70 Å². The Morgan fingerprint density at radius 1 is 0.613 bits per heavy atom.